The third-order valence-corrected chi connectivity index (χ3v) is 6.33. The Morgan fingerprint density at radius 1 is 1.07 bits per heavy atom. The zero-order valence-electron chi connectivity index (χ0n) is 23.7. The highest BCUT2D eigenvalue weighted by Crippen LogP contribution is 2.36. The molecule has 0 spiro atoms. The third-order valence-electron chi connectivity index (χ3n) is 6.33. The van der Waals surface area contributed by atoms with Crippen molar-refractivity contribution in [2.45, 2.75) is 45.8 Å². The Hall–Kier alpha value is -4.67. The first-order valence-corrected chi connectivity index (χ1v) is 13.1. The Morgan fingerprint density at radius 3 is 2.46 bits per heavy atom. The first-order chi connectivity index (χ1) is 19.5. The van der Waals surface area contributed by atoms with E-state index in [-0.39, 0.29) is 12.1 Å². The number of aromatic nitrogens is 2. The van der Waals surface area contributed by atoms with Gasteiger partial charge in [0, 0.05) is 41.1 Å². The van der Waals surface area contributed by atoms with E-state index >= 15 is 0 Å². The van der Waals surface area contributed by atoms with E-state index in [2.05, 4.69) is 15.5 Å². The van der Waals surface area contributed by atoms with Crippen molar-refractivity contribution in [3.63, 3.8) is 0 Å². The number of alkyl carbamates (subject to hydrolysis) is 1. The van der Waals surface area contributed by atoms with Crippen molar-refractivity contribution >= 4 is 23.5 Å². The Morgan fingerprint density at radius 2 is 1.80 bits per heavy atom. The molecule has 2 aromatic carbocycles. The fourth-order valence-corrected chi connectivity index (χ4v) is 4.43. The molecule has 2 N–H and O–H groups in total. The minimum Gasteiger partial charge on any atom is -0.497 e. The number of H-pyrrole nitrogens is 1. The number of nitrogens with one attached hydrogen (secondary N) is 2. The van der Waals surface area contributed by atoms with Gasteiger partial charge >= 0.3 is 6.09 Å². The normalized spacial score (nSPS) is 13.3. The molecule has 0 radical (unpaired) electrons. The average molecular weight is 565 g/mol. The van der Waals surface area contributed by atoms with Gasteiger partial charge in [0.1, 0.15) is 28.6 Å². The second-order valence-corrected chi connectivity index (χ2v) is 10.4. The van der Waals surface area contributed by atoms with E-state index in [1.165, 1.54) is 32.4 Å². The molecule has 1 aliphatic rings. The van der Waals surface area contributed by atoms with Gasteiger partial charge < -0.3 is 19.5 Å². The molecule has 1 aromatic heterocycles. The van der Waals surface area contributed by atoms with Gasteiger partial charge in [0.15, 0.2) is 0 Å². The minimum atomic E-state index is -0.617. The summed E-state index contributed by atoms with van der Waals surface area (Å²) in [4.78, 5) is 39.9. The average Bonchev–Trinajstić information content (AvgIpc) is 3.46. The van der Waals surface area contributed by atoms with Crippen molar-refractivity contribution in [1.82, 2.24) is 20.4 Å². The maximum absolute atomic E-state index is 13.7. The lowest BCUT2D eigenvalue weighted by Crippen LogP contribution is -2.33. The van der Waals surface area contributed by atoms with Gasteiger partial charge in [-0.25, -0.2) is 9.18 Å². The lowest BCUT2D eigenvalue weighted by atomic mass is 9.97. The van der Waals surface area contributed by atoms with Crippen LogP contribution >= 0.6 is 0 Å². The van der Waals surface area contributed by atoms with Gasteiger partial charge in [-0.3, -0.25) is 19.6 Å². The van der Waals surface area contributed by atoms with Crippen LogP contribution in [0.2, 0.25) is 0 Å². The van der Waals surface area contributed by atoms with Crippen LogP contribution in [0.4, 0.5) is 9.18 Å². The number of hydrogen-bond acceptors (Lipinski definition) is 7. The number of aryl methyl sites for hydroxylation is 1. The Labute approximate surface area is 237 Å². The molecule has 0 unspecified atom stereocenters. The van der Waals surface area contributed by atoms with E-state index < -0.39 is 29.3 Å². The molecule has 0 fully saturated rings. The van der Waals surface area contributed by atoms with Crippen LogP contribution in [0.3, 0.4) is 0 Å². The molecule has 0 saturated carbocycles. The molecule has 0 atom stereocenters. The van der Waals surface area contributed by atoms with E-state index in [1.807, 2.05) is 0 Å². The first kappa shape index (κ1) is 29.3. The van der Waals surface area contributed by atoms with Crippen LogP contribution in [0.15, 0.2) is 48.5 Å². The highest BCUT2D eigenvalue weighted by Gasteiger charge is 2.36. The number of benzene rings is 2. The topological polar surface area (TPSA) is 123 Å². The molecule has 11 heteroatoms. The third kappa shape index (κ3) is 6.92. The number of aromatic amines is 1. The van der Waals surface area contributed by atoms with Crippen molar-refractivity contribution in [2.24, 2.45) is 0 Å². The zero-order valence-corrected chi connectivity index (χ0v) is 23.7. The van der Waals surface area contributed by atoms with Crippen LogP contribution in [0.5, 0.6) is 11.5 Å². The SMILES string of the molecule is COc1ccc(CN2C(=O)C=C(c3c(-c4ccc(F)cc4)n[nH]c3CCCNC(=O)OC(C)(C)C)C2=O)c(OC)c1. The van der Waals surface area contributed by atoms with E-state index in [4.69, 9.17) is 14.2 Å². The number of imide groups is 1. The number of methoxy groups -OCH3 is 2. The van der Waals surface area contributed by atoms with E-state index in [9.17, 15) is 18.8 Å². The maximum Gasteiger partial charge on any atom is 0.407 e. The highest BCUT2D eigenvalue weighted by molar-refractivity contribution is 6.34. The maximum atomic E-state index is 13.7. The molecule has 0 saturated heterocycles. The first-order valence-electron chi connectivity index (χ1n) is 13.1. The smallest absolute Gasteiger partial charge is 0.407 e. The van der Waals surface area contributed by atoms with Gasteiger partial charge in [-0.15, -0.1) is 0 Å². The molecule has 216 valence electrons. The van der Waals surface area contributed by atoms with Gasteiger partial charge in [-0.05, 0) is 70.0 Å². The molecular weight excluding hydrogens is 531 g/mol. The Bertz CT molecular complexity index is 1470. The van der Waals surface area contributed by atoms with Crippen LogP contribution in [-0.4, -0.2) is 59.4 Å². The lowest BCUT2D eigenvalue weighted by molar-refractivity contribution is -0.137. The van der Waals surface area contributed by atoms with Crippen LogP contribution in [0, 0.1) is 5.82 Å². The second kappa shape index (κ2) is 12.2. The fourth-order valence-electron chi connectivity index (χ4n) is 4.43. The summed E-state index contributed by atoms with van der Waals surface area (Å²) in [6.45, 7) is 5.64. The van der Waals surface area contributed by atoms with Gasteiger partial charge in [-0.2, -0.15) is 5.10 Å². The molecule has 2 heterocycles. The summed E-state index contributed by atoms with van der Waals surface area (Å²) >= 11 is 0. The summed E-state index contributed by atoms with van der Waals surface area (Å²) in [5.41, 5.74) is 2.23. The number of rotatable bonds is 10. The van der Waals surface area contributed by atoms with E-state index in [1.54, 1.807) is 51.1 Å². The lowest BCUT2D eigenvalue weighted by Gasteiger charge is -2.19. The molecule has 0 aliphatic carbocycles. The number of halogens is 1. The van der Waals surface area contributed by atoms with E-state index in [0.29, 0.717) is 59.0 Å². The van der Waals surface area contributed by atoms with Crippen molar-refractivity contribution in [2.75, 3.05) is 20.8 Å². The van der Waals surface area contributed by atoms with Crippen LogP contribution in [0.25, 0.3) is 16.8 Å². The van der Waals surface area contributed by atoms with Crippen molar-refractivity contribution in [3.8, 4) is 22.8 Å². The molecule has 10 nitrogen and oxygen atoms in total. The van der Waals surface area contributed by atoms with Gasteiger partial charge in [-0.1, -0.05) is 0 Å². The second-order valence-electron chi connectivity index (χ2n) is 10.4. The summed E-state index contributed by atoms with van der Waals surface area (Å²) < 4.78 is 29.6. The molecule has 0 bridgehead atoms. The summed E-state index contributed by atoms with van der Waals surface area (Å²) in [5.74, 6) is -0.328. The Balaban J connectivity index is 1.59. The number of hydrogen-bond donors (Lipinski definition) is 2. The van der Waals surface area contributed by atoms with Crippen LogP contribution in [-0.2, 0) is 27.3 Å². The predicted molar refractivity (Wildman–Crippen MR) is 150 cm³/mol. The number of carbonyl (C=O) groups is 3. The number of nitrogens with zero attached hydrogens (tertiary/aromatic N) is 2. The highest BCUT2D eigenvalue weighted by atomic mass is 19.1. The predicted octanol–water partition coefficient (Wildman–Crippen LogP) is 4.64. The standard InChI is InChI=1S/C30H33FN4O6/c1-30(2,3)41-29(38)32-14-6-7-23-26(27(34-33-23)18-8-11-20(31)12-9-18)22-16-25(36)35(28(22)37)17-19-10-13-21(39-4)15-24(19)40-5/h8-13,15-16H,6-7,14,17H2,1-5H3,(H,32,38)(H,33,34). The van der Waals surface area contributed by atoms with Gasteiger partial charge in [0.05, 0.1) is 26.3 Å². The summed E-state index contributed by atoms with van der Waals surface area (Å²) in [7, 11) is 3.03. The summed E-state index contributed by atoms with van der Waals surface area (Å²) in [5, 5.41) is 10.1. The zero-order chi connectivity index (χ0) is 29.7. The van der Waals surface area contributed by atoms with E-state index in [0.717, 1.165) is 4.90 Å². The summed E-state index contributed by atoms with van der Waals surface area (Å²) in [6, 6.07) is 10.9. The minimum absolute atomic E-state index is 0.0102. The van der Waals surface area contributed by atoms with Crippen LogP contribution in [0.1, 0.15) is 44.0 Å². The van der Waals surface area contributed by atoms with Crippen molar-refractivity contribution < 1.29 is 33.0 Å². The number of amides is 3. The largest absolute Gasteiger partial charge is 0.497 e. The van der Waals surface area contributed by atoms with Crippen molar-refractivity contribution in [1.29, 1.82) is 0 Å². The van der Waals surface area contributed by atoms with Crippen molar-refractivity contribution in [3.05, 3.63) is 71.2 Å². The van der Waals surface area contributed by atoms with Crippen LogP contribution < -0.4 is 14.8 Å². The number of ether oxygens (including phenoxy) is 3. The molecule has 41 heavy (non-hydrogen) atoms. The molecule has 4 rings (SSSR count). The molecule has 3 amide bonds. The fraction of sp³-hybridized carbons (Fsp3) is 0.333. The molecule has 3 aromatic rings. The monoisotopic (exact) mass is 564 g/mol. The van der Waals surface area contributed by atoms with Gasteiger partial charge in [0.25, 0.3) is 11.8 Å². The Kier molecular flexibility index (Phi) is 8.75. The number of carbonyl (C=O) groups excluding carboxylic acids is 3. The summed E-state index contributed by atoms with van der Waals surface area (Å²) in [6.07, 6.45) is 1.67. The van der Waals surface area contributed by atoms with Gasteiger partial charge in [0.2, 0.25) is 0 Å². The molecular formula is C30H33FN4O6. The quantitative estimate of drug-likeness (QED) is 0.272. The molecule has 1 aliphatic heterocycles.